The molecule has 0 saturated heterocycles. The van der Waals surface area contributed by atoms with Crippen LogP contribution in [0.2, 0.25) is 0 Å². The maximum atomic E-state index is 9.64. The van der Waals surface area contributed by atoms with Crippen LogP contribution in [0.4, 0.5) is 0 Å². The van der Waals surface area contributed by atoms with Crippen molar-refractivity contribution in [1.29, 1.82) is 0 Å². The number of nitrogens with zero attached hydrogens (tertiary/aromatic N) is 4. The van der Waals surface area contributed by atoms with E-state index < -0.39 is 0 Å². The van der Waals surface area contributed by atoms with Crippen LogP contribution in [0.5, 0.6) is 0 Å². The first-order valence-corrected chi connectivity index (χ1v) is 20.2. The topological polar surface area (TPSA) is 43.6 Å². The second kappa shape index (κ2) is 12.8. The van der Waals surface area contributed by atoms with Gasteiger partial charge in [-0.3, -0.25) is 0 Å². The maximum absolute atomic E-state index is 9.64. The number of rotatable bonds is 5. The van der Waals surface area contributed by atoms with Crippen molar-refractivity contribution >= 4 is 84.8 Å². The molecular weight excluding hydrogens is 733 g/mol. The Morgan fingerprint density at radius 1 is 0.404 bits per heavy atom. The van der Waals surface area contributed by atoms with Gasteiger partial charge in [0.05, 0.1) is 24.9 Å². The van der Waals surface area contributed by atoms with Crippen LogP contribution in [-0.4, -0.2) is 19.5 Å². The van der Waals surface area contributed by atoms with E-state index in [1.807, 2.05) is 84.9 Å². The predicted molar refractivity (Wildman–Crippen MR) is 242 cm³/mol. The fraction of sp³-hybridized carbons (Fsp3) is 0. The van der Waals surface area contributed by atoms with Crippen molar-refractivity contribution < 1.29 is 8.22 Å². The minimum Gasteiger partial charge on any atom is -0.309 e. The summed E-state index contributed by atoms with van der Waals surface area (Å²) in [7, 11) is 0. The fourth-order valence-electron chi connectivity index (χ4n) is 8.08. The van der Waals surface area contributed by atoms with Gasteiger partial charge in [0, 0.05) is 78.9 Å². The van der Waals surface area contributed by atoms with Crippen LogP contribution >= 0.6 is 22.7 Å². The second-order valence-corrected chi connectivity index (χ2v) is 15.9. The van der Waals surface area contributed by atoms with Gasteiger partial charge in [-0.15, -0.1) is 22.7 Å². The van der Waals surface area contributed by atoms with Gasteiger partial charge in [0.15, 0.2) is 17.5 Å². The van der Waals surface area contributed by atoms with Gasteiger partial charge in [0.25, 0.3) is 0 Å². The first-order valence-electron chi connectivity index (χ1n) is 21.5. The van der Waals surface area contributed by atoms with E-state index in [0.29, 0.717) is 48.9 Å². The highest BCUT2D eigenvalue weighted by Crippen LogP contribution is 2.45. The normalized spacial score (nSPS) is 13.3. The van der Waals surface area contributed by atoms with Gasteiger partial charge in [0.2, 0.25) is 0 Å². The van der Waals surface area contributed by atoms with Crippen molar-refractivity contribution in [1.82, 2.24) is 19.5 Å². The third-order valence-electron chi connectivity index (χ3n) is 10.6. The third kappa shape index (κ3) is 5.08. The monoisotopic (exact) mass is 768 g/mol. The minimum absolute atomic E-state index is 0.0618. The van der Waals surface area contributed by atoms with Gasteiger partial charge >= 0.3 is 0 Å². The number of fused-ring (bicyclic) bond motifs is 9. The molecule has 266 valence electrons. The molecule has 0 N–H and O–H groups in total. The molecule has 12 rings (SSSR count). The number of hydrogen-bond acceptors (Lipinski definition) is 5. The van der Waals surface area contributed by atoms with Crippen LogP contribution in [0.3, 0.4) is 0 Å². The van der Waals surface area contributed by atoms with Gasteiger partial charge in [-0.25, -0.2) is 15.0 Å². The van der Waals surface area contributed by atoms with Crippen LogP contribution in [0.25, 0.3) is 113 Å². The van der Waals surface area contributed by atoms with E-state index in [4.69, 9.17) is 19.1 Å². The Kier molecular flexibility index (Phi) is 6.00. The van der Waals surface area contributed by atoms with E-state index in [0.717, 1.165) is 48.7 Å². The summed E-state index contributed by atoms with van der Waals surface area (Å²) in [5.74, 6) is 1.43. The molecule has 0 saturated carbocycles. The van der Waals surface area contributed by atoms with Crippen molar-refractivity contribution in [2.45, 2.75) is 0 Å². The van der Waals surface area contributed by atoms with Gasteiger partial charge in [-0.2, -0.15) is 0 Å². The molecule has 0 fully saturated rings. The summed E-state index contributed by atoms with van der Waals surface area (Å²) < 4.78 is 59.7. The van der Waals surface area contributed by atoms with E-state index in [1.165, 1.54) is 27.5 Å². The molecule has 0 aliphatic rings. The summed E-state index contributed by atoms with van der Waals surface area (Å²) in [4.78, 5) is 15.5. The number of para-hydroxylation sites is 2. The average Bonchev–Trinajstić information content (AvgIpc) is 4.01. The van der Waals surface area contributed by atoms with Crippen molar-refractivity contribution in [3.8, 4) is 51.0 Å². The Balaban J connectivity index is 1.19. The van der Waals surface area contributed by atoms with E-state index in [-0.39, 0.29) is 41.6 Å². The summed E-state index contributed by atoms with van der Waals surface area (Å²) in [5.41, 5.74) is 5.95. The molecule has 4 aromatic heterocycles. The first kappa shape index (κ1) is 26.8. The minimum atomic E-state index is -0.303. The van der Waals surface area contributed by atoms with E-state index in [9.17, 15) is 4.11 Å². The van der Waals surface area contributed by atoms with Gasteiger partial charge in [0.1, 0.15) is 0 Å². The maximum Gasteiger partial charge on any atom is 0.165 e. The molecule has 0 aliphatic carbocycles. The van der Waals surface area contributed by atoms with Crippen LogP contribution in [0.15, 0.2) is 182 Å². The summed E-state index contributed by atoms with van der Waals surface area (Å²) in [6.07, 6.45) is 0. The summed E-state index contributed by atoms with van der Waals surface area (Å²) in [6.45, 7) is 0. The van der Waals surface area contributed by atoms with Crippen molar-refractivity contribution in [3.05, 3.63) is 182 Å². The number of hydrogen-bond donors (Lipinski definition) is 0. The third-order valence-corrected chi connectivity index (χ3v) is 13.0. The molecular formula is C51H30N4S2. The molecule has 4 nitrogen and oxygen atoms in total. The lowest BCUT2D eigenvalue weighted by molar-refractivity contribution is 1.08. The zero-order valence-electron chi connectivity index (χ0n) is 36.0. The Labute approximate surface area is 344 Å². The number of benzene rings is 8. The summed E-state index contributed by atoms with van der Waals surface area (Å²) in [5, 5.41) is 4.97. The van der Waals surface area contributed by atoms with E-state index in [2.05, 4.69) is 59.2 Å². The average molecular weight is 769 g/mol. The number of aromatic nitrogens is 4. The fourth-order valence-corrected chi connectivity index (χ4v) is 10.4. The lowest BCUT2D eigenvalue weighted by Gasteiger charge is -2.17. The Bertz CT molecular complexity index is 3840. The Hall–Kier alpha value is -6.99. The molecule has 57 heavy (non-hydrogen) atoms. The first-order chi connectivity index (χ1) is 30.7. The van der Waals surface area contributed by atoms with E-state index in [1.54, 1.807) is 11.3 Å². The van der Waals surface area contributed by atoms with Crippen LogP contribution in [0.1, 0.15) is 8.22 Å². The van der Waals surface area contributed by atoms with Crippen LogP contribution < -0.4 is 0 Å². The van der Waals surface area contributed by atoms with Crippen molar-refractivity contribution in [3.63, 3.8) is 0 Å². The SMILES string of the molecule is [2H]c1cc([2H])c2sc3c(-c4cc(-c5nc(-c6ccccc6)nc(-c6cccc7c6sc6ccccc67)n5)ccc4-n4c5ccccc5c5ccccc54)c([2H])c([2H])c([2H])c3c2c1[2H]. The van der Waals surface area contributed by atoms with Crippen LogP contribution in [0, 0.1) is 0 Å². The van der Waals surface area contributed by atoms with Crippen molar-refractivity contribution in [2.24, 2.45) is 0 Å². The molecule has 0 unspecified atom stereocenters. The highest BCUT2D eigenvalue weighted by Gasteiger charge is 2.21. The van der Waals surface area contributed by atoms with E-state index >= 15 is 0 Å². The Morgan fingerprint density at radius 3 is 1.88 bits per heavy atom. The summed E-state index contributed by atoms with van der Waals surface area (Å²) in [6, 6.07) is 47.2. The lowest BCUT2D eigenvalue weighted by Crippen LogP contribution is -2.02. The highest BCUT2D eigenvalue weighted by atomic mass is 32.1. The molecule has 8 aromatic carbocycles. The summed E-state index contributed by atoms with van der Waals surface area (Å²) >= 11 is 2.93. The van der Waals surface area contributed by atoms with Gasteiger partial charge in [-0.1, -0.05) is 133 Å². The molecule has 0 bridgehead atoms. The zero-order valence-corrected chi connectivity index (χ0v) is 31.6. The molecule has 0 aliphatic heterocycles. The largest absolute Gasteiger partial charge is 0.309 e. The standard InChI is InChI=1S/C51H30N4S2/c1-2-14-31(15-3-1)49-52-50(54-51(53-49)40-23-13-21-38-36-19-7-11-27-46(36)57-48(38)40)32-28-29-44(55-42-24-8-4-16-33(42)34-17-5-9-25-43(34)55)41(30-32)39-22-12-20-37-35-18-6-10-26-45(35)56-47(37)39/h1-30H/i6D,12D,18D,20D,22D,26D. The molecule has 0 spiro atoms. The molecule has 6 heteroatoms. The second-order valence-electron chi connectivity index (χ2n) is 13.9. The predicted octanol–water partition coefficient (Wildman–Crippen LogP) is 14.4. The molecule has 0 radical (unpaired) electrons. The van der Waals surface area contributed by atoms with Crippen molar-refractivity contribution in [2.75, 3.05) is 0 Å². The smallest absolute Gasteiger partial charge is 0.165 e. The van der Waals surface area contributed by atoms with Gasteiger partial charge < -0.3 is 4.57 Å². The zero-order chi connectivity index (χ0) is 42.7. The van der Waals surface area contributed by atoms with Crippen LogP contribution in [-0.2, 0) is 0 Å². The molecule has 0 amide bonds. The number of thiophene rings is 2. The highest BCUT2D eigenvalue weighted by molar-refractivity contribution is 7.26. The van der Waals surface area contributed by atoms with Gasteiger partial charge in [-0.05, 0) is 48.5 Å². The molecule has 0 atom stereocenters. The quantitative estimate of drug-likeness (QED) is 0.175. The molecule has 4 heterocycles. The lowest BCUT2D eigenvalue weighted by atomic mass is 9.98. The Morgan fingerprint density at radius 2 is 1.05 bits per heavy atom. The molecule has 12 aromatic rings.